The molecule has 0 heterocycles. The Balaban J connectivity index is 1.80. The fourth-order valence-electron chi connectivity index (χ4n) is 2.34. The zero-order chi connectivity index (χ0) is 17.2. The maximum Gasteiger partial charge on any atom is 0.240 e. The van der Waals surface area contributed by atoms with Crippen molar-refractivity contribution in [2.24, 2.45) is 5.73 Å². The number of primary amides is 1. The van der Waals surface area contributed by atoms with E-state index >= 15 is 0 Å². The Labute approximate surface area is 142 Å². The van der Waals surface area contributed by atoms with Gasteiger partial charge in [-0.15, -0.1) is 0 Å². The monoisotopic (exact) mass is 322 g/mol. The minimum absolute atomic E-state index is 0.174. The van der Waals surface area contributed by atoms with Crippen LogP contribution in [0.3, 0.4) is 0 Å². The summed E-state index contributed by atoms with van der Waals surface area (Å²) in [6.45, 7) is 0. The number of allylic oxidation sites excluding steroid dienone is 1. The van der Waals surface area contributed by atoms with Gasteiger partial charge in [0.15, 0.2) is 0 Å². The van der Waals surface area contributed by atoms with Gasteiger partial charge in [-0.2, -0.15) is 0 Å². The molecule has 1 atom stereocenters. The first-order chi connectivity index (χ1) is 11.6. The molecule has 4 nitrogen and oxygen atoms in total. The third-order valence-corrected chi connectivity index (χ3v) is 3.61. The molecular weight excluding hydrogens is 300 g/mol. The van der Waals surface area contributed by atoms with E-state index in [9.17, 15) is 9.59 Å². The van der Waals surface area contributed by atoms with Crippen LogP contribution >= 0.6 is 0 Å². The van der Waals surface area contributed by atoms with Crippen LogP contribution < -0.4 is 11.1 Å². The lowest BCUT2D eigenvalue weighted by Gasteiger charge is -2.15. The third-order valence-electron chi connectivity index (χ3n) is 3.61. The third kappa shape index (κ3) is 6.08. The molecule has 0 saturated carbocycles. The Morgan fingerprint density at radius 1 is 1.00 bits per heavy atom. The Hall–Kier alpha value is -2.88. The summed E-state index contributed by atoms with van der Waals surface area (Å²) >= 11 is 0. The van der Waals surface area contributed by atoms with Gasteiger partial charge in [0.2, 0.25) is 11.8 Å². The number of nitrogens with two attached hydrogens (primary N) is 1. The molecule has 124 valence electrons. The first-order valence-electron chi connectivity index (χ1n) is 7.99. The summed E-state index contributed by atoms with van der Waals surface area (Å²) in [5.41, 5.74) is 7.45. The van der Waals surface area contributed by atoms with Crippen molar-refractivity contribution in [3.8, 4) is 0 Å². The summed E-state index contributed by atoms with van der Waals surface area (Å²) in [7, 11) is 0. The van der Waals surface area contributed by atoms with Crippen LogP contribution in [0.1, 0.15) is 24.0 Å². The molecule has 2 amide bonds. The molecule has 2 rings (SSSR count). The Kier molecular flexibility index (Phi) is 6.77. The van der Waals surface area contributed by atoms with E-state index in [0.29, 0.717) is 19.3 Å². The molecule has 0 aromatic heterocycles. The van der Waals surface area contributed by atoms with Crippen molar-refractivity contribution < 1.29 is 9.59 Å². The zero-order valence-electron chi connectivity index (χ0n) is 13.5. The molecule has 2 aromatic carbocycles. The zero-order valence-corrected chi connectivity index (χ0v) is 13.5. The molecule has 0 bridgehead atoms. The summed E-state index contributed by atoms with van der Waals surface area (Å²) in [5.74, 6) is -0.695. The first kappa shape index (κ1) is 17.5. The van der Waals surface area contributed by atoms with Gasteiger partial charge >= 0.3 is 0 Å². The van der Waals surface area contributed by atoms with Crippen LogP contribution in [0.25, 0.3) is 6.08 Å². The van der Waals surface area contributed by atoms with Crippen LogP contribution in [0, 0.1) is 0 Å². The number of nitrogens with one attached hydrogen (secondary N) is 1. The van der Waals surface area contributed by atoms with Crippen molar-refractivity contribution in [2.75, 3.05) is 0 Å². The van der Waals surface area contributed by atoms with E-state index in [-0.39, 0.29) is 5.91 Å². The number of hydrogen-bond donors (Lipinski definition) is 2. The van der Waals surface area contributed by atoms with Gasteiger partial charge < -0.3 is 11.1 Å². The van der Waals surface area contributed by atoms with E-state index in [1.807, 2.05) is 72.8 Å². The molecule has 1 unspecified atom stereocenters. The molecule has 0 aliphatic carbocycles. The quantitative estimate of drug-likeness (QED) is 0.784. The van der Waals surface area contributed by atoms with Crippen LogP contribution in [0.4, 0.5) is 0 Å². The fraction of sp³-hybridized carbons (Fsp3) is 0.200. The smallest absolute Gasteiger partial charge is 0.240 e. The van der Waals surface area contributed by atoms with Gasteiger partial charge in [-0.1, -0.05) is 72.8 Å². The molecule has 24 heavy (non-hydrogen) atoms. The average molecular weight is 322 g/mol. The van der Waals surface area contributed by atoms with E-state index in [1.165, 1.54) is 0 Å². The summed E-state index contributed by atoms with van der Waals surface area (Å²) < 4.78 is 0. The van der Waals surface area contributed by atoms with Crippen LogP contribution in [0.5, 0.6) is 0 Å². The largest absolute Gasteiger partial charge is 0.368 e. The van der Waals surface area contributed by atoms with Crippen molar-refractivity contribution in [1.82, 2.24) is 5.32 Å². The molecule has 0 aliphatic heterocycles. The maximum atomic E-state index is 12.0. The van der Waals surface area contributed by atoms with E-state index in [4.69, 9.17) is 5.73 Å². The van der Waals surface area contributed by atoms with Gasteiger partial charge in [0.25, 0.3) is 0 Å². The van der Waals surface area contributed by atoms with Gasteiger partial charge in [0.1, 0.15) is 6.04 Å². The van der Waals surface area contributed by atoms with Crippen molar-refractivity contribution >= 4 is 17.9 Å². The van der Waals surface area contributed by atoms with E-state index in [2.05, 4.69) is 5.32 Å². The number of rotatable bonds is 8. The first-order valence-corrected chi connectivity index (χ1v) is 7.99. The van der Waals surface area contributed by atoms with Crippen molar-refractivity contribution in [2.45, 2.75) is 25.3 Å². The highest BCUT2D eigenvalue weighted by Gasteiger charge is 2.17. The highest BCUT2D eigenvalue weighted by molar-refractivity contribution is 5.86. The van der Waals surface area contributed by atoms with Crippen molar-refractivity contribution in [3.63, 3.8) is 0 Å². The van der Waals surface area contributed by atoms with Crippen molar-refractivity contribution in [1.29, 1.82) is 0 Å². The SMILES string of the molecule is NC(=O)C(Cc1ccccc1)NC(=O)CC/C=C/c1ccccc1. The molecule has 0 spiro atoms. The molecule has 3 N–H and O–H groups in total. The number of carbonyl (C=O) groups excluding carboxylic acids is 2. The van der Waals surface area contributed by atoms with Gasteiger partial charge in [-0.3, -0.25) is 9.59 Å². The normalized spacial score (nSPS) is 12.0. The van der Waals surface area contributed by atoms with E-state index in [1.54, 1.807) is 0 Å². The predicted molar refractivity (Wildman–Crippen MR) is 96.0 cm³/mol. The highest BCUT2D eigenvalue weighted by Crippen LogP contribution is 2.05. The summed E-state index contributed by atoms with van der Waals surface area (Å²) in [5, 5.41) is 2.72. The number of amides is 2. The highest BCUT2D eigenvalue weighted by atomic mass is 16.2. The molecule has 2 aromatic rings. The topological polar surface area (TPSA) is 72.2 Å². The standard InChI is InChI=1S/C20H22N2O2/c21-20(24)18(15-17-12-5-2-6-13-17)22-19(23)14-8-7-11-16-9-3-1-4-10-16/h1-7,9-13,18H,8,14-15H2,(H2,21,24)(H,22,23)/b11-7+. The lowest BCUT2D eigenvalue weighted by molar-refractivity contribution is -0.127. The Morgan fingerprint density at radius 3 is 2.25 bits per heavy atom. The van der Waals surface area contributed by atoms with Gasteiger partial charge in [0, 0.05) is 12.8 Å². The van der Waals surface area contributed by atoms with Gasteiger partial charge in [0.05, 0.1) is 0 Å². The summed E-state index contributed by atoms with van der Waals surface area (Å²) in [6, 6.07) is 18.7. The average Bonchev–Trinajstić information content (AvgIpc) is 2.60. The summed E-state index contributed by atoms with van der Waals surface area (Å²) in [6.07, 6.45) is 5.26. The minimum atomic E-state index is -0.682. The lowest BCUT2D eigenvalue weighted by Crippen LogP contribution is -2.45. The molecule has 0 aliphatic rings. The number of benzene rings is 2. The van der Waals surface area contributed by atoms with E-state index < -0.39 is 11.9 Å². The summed E-state index contributed by atoms with van der Waals surface area (Å²) in [4.78, 5) is 23.6. The second-order valence-electron chi connectivity index (χ2n) is 5.56. The fourth-order valence-corrected chi connectivity index (χ4v) is 2.34. The Bertz CT molecular complexity index is 681. The second-order valence-corrected chi connectivity index (χ2v) is 5.56. The molecule has 0 saturated heterocycles. The lowest BCUT2D eigenvalue weighted by atomic mass is 10.1. The molecule has 4 heteroatoms. The van der Waals surface area contributed by atoms with E-state index in [0.717, 1.165) is 11.1 Å². The maximum absolute atomic E-state index is 12.0. The van der Waals surface area contributed by atoms with Crippen molar-refractivity contribution in [3.05, 3.63) is 77.9 Å². The van der Waals surface area contributed by atoms with Crippen LogP contribution in [0.15, 0.2) is 66.7 Å². The van der Waals surface area contributed by atoms with Crippen LogP contribution in [-0.4, -0.2) is 17.9 Å². The molecular formula is C20H22N2O2. The molecule has 0 radical (unpaired) electrons. The van der Waals surface area contributed by atoms with Crippen LogP contribution in [-0.2, 0) is 16.0 Å². The second kappa shape index (κ2) is 9.30. The predicted octanol–water partition coefficient (Wildman–Crippen LogP) is 2.69. The minimum Gasteiger partial charge on any atom is -0.368 e. The van der Waals surface area contributed by atoms with Gasteiger partial charge in [-0.05, 0) is 17.5 Å². The van der Waals surface area contributed by atoms with Crippen LogP contribution in [0.2, 0.25) is 0 Å². The number of carbonyl (C=O) groups is 2. The number of hydrogen-bond acceptors (Lipinski definition) is 2. The Morgan fingerprint density at radius 2 is 1.62 bits per heavy atom. The van der Waals surface area contributed by atoms with Gasteiger partial charge in [-0.25, -0.2) is 0 Å². The molecule has 0 fully saturated rings.